The number of rotatable bonds is 12. The summed E-state index contributed by atoms with van der Waals surface area (Å²) in [5.74, 6) is -3.02. The summed E-state index contributed by atoms with van der Waals surface area (Å²) in [5.41, 5.74) is 3.16. The van der Waals surface area contributed by atoms with Gasteiger partial charge in [-0.2, -0.15) is 0 Å². The first-order valence-corrected chi connectivity index (χ1v) is 31.1. The van der Waals surface area contributed by atoms with Crippen molar-refractivity contribution >= 4 is 64.8 Å². The van der Waals surface area contributed by atoms with E-state index in [1.54, 1.807) is 93.2 Å². The Labute approximate surface area is 494 Å². The lowest BCUT2D eigenvalue weighted by atomic mass is 10.1. The molecule has 0 aromatic carbocycles. The monoisotopic (exact) mass is 1160 g/mol. The van der Waals surface area contributed by atoms with Gasteiger partial charge in [-0.05, 0) is 164 Å². The summed E-state index contributed by atoms with van der Waals surface area (Å²) in [6.07, 6.45) is 15.6. The van der Waals surface area contributed by atoms with E-state index in [4.69, 9.17) is 0 Å². The van der Waals surface area contributed by atoms with Crippen molar-refractivity contribution in [3.8, 4) is 11.4 Å². The van der Waals surface area contributed by atoms with Crippen LogP contribution in [0, 0.1) is 6.92 Å². The molecule has 0 bridgehead atoms. The summed E-state index contributed by atoms with van der Waals surface area (Å²) in [4.78, 5) is 172. The van der Waals surface area contributed by atoms with Crippen molar-refractivity contribution in [2.24, 2.45) is 0 Å². The van der Waals surface area contributed by atoms with Gasteiger partial charge in [-0.3, -0.25) is 62.9 Å². The average molecular weight is 1160 g/mol. The molecule has 1 N–H and O–H groups in total. The highest BCUT2D eigenvalue weighted by Gasteiger charge is 2.52. The topological polar surface area (TPSA) is 251 Å². The molecule has 3 aromatic heterocycles. The molecule has 9 fully saturated rings. The van der Waals surface area contributed by atoms with Gasteiger partial charge < -0.3 is 49.4 Å². The van der Waals surface area contributed by atoms with Crippen molar-refractivity contribution in [1.82, 2.24) is 59.1 Å². The van der Waals surface area contributed by atoms with Crippen LogP contribution in [0.1, 0.15) is 131 Å². The molecule has 23 heteroatoms. The lowest BCUT2D eigenvalue weighted by molar-refractivity contribution is -0.155. The highest BCUT2D eigenvalue weighted by atomic mass is 16.2. The number of carbonyl (C=O) groups is 10. The van der Waals surface area contributed by atoms with Gasteiger partial charge in [-0.15, -0.1) is 0 Å². The summed E-state index contributed by atoms with van der Waals surface area (Å²) in [7, 11) is 0. The van der Waals surface area contributed by atoms with Gasteiger partial charge >= 0.3 is 0 Å². The lowest BCUT2D eigenvalue weighted by Crippen LogP contribution is -2.59. The summed E-state index contributed by atoms with van der Waals surface area (Å²) in [5, 5.41) is 2.89. The predicted molar refractivity (Wildman–Crippen MR) is 307 cm³/mol. The maximum Gasteiger partial charge on any atom is 0.254 e. The van der Waals surface area contributed by atoms with E-state index in [0.29, 0.717) is 197 Å². The number of likely N-dealkylation sites (tertiary alicyclic amines) is 9. The first-order valence-electron chi connectivity index (χ1n) is 31.1. The number of anilines is 1. The van der Waals surface area contributed by atoms with Crippen LogP contribution in [-0.4, -0.2) is 231 Å². The zero-order valence-corrected chi connectivity index (χ0v) is 48.5. The molecule has 3 aromatic rings. The number of nitrogens with zero attached hydrogens (tertiary/aromatic N) is 12. The van der Waals surface area contributed by atoms with Crippen molar-refractivity contribution in [3.63, 3.8) is 0 Å². The number of hydrogen-bond acceptors (Lipinski definition) is 13. The minimum Gasteiger partial charge on any atom is -0.329 e. The van der Waals surface area contributed by atoms with Gasteiger partial charge in [0.05, 0.1) is 11.4 Å². The molecule has 10 amide bonds. The zero-order chi connectivity index (χ0) is 59.0. The smallest absolute Gasteiger partial charge is 0.254 e. The fraction of sp³-hybridized carbons (Fsp3) is 0.597. The maximum atomic E-state index is 14.8. The maximum absolute atomic E-state index is 14.8. The van der Waals surface area contributed by atoms with Crippen LogP contribution in [0.4, 0.5) is 5.69 Å². The Morgan fingerprint density at radius 2 is 0.635 bits per heavy atom. The number of pyridine rings is 3. The highest BCUT2D eigenvalue weighted by Crippen LogP contribution is 2.36. The molecule has 9 aliphatic heterocycles. The molecule has 12 rings (SSSR count). The Balaban J connectivity index is 0.668. The molecular weight excluding hydrogens is 1090 g/mol. The zero-order valence-electron chi connectivity index (χ0n) is 48.5. The number of hydrogen-bond donors (Lipinski definition) is 1. The molecule has 9 atom stereocenters. The van der Waals surface area contributed by atoms with Crippen LogP contribution < -0.4 is 5.32 Å². The normalized spacial score (nSPS) is 27.6. The van der Waals surface area contributed by atoms with E-state index in [9.17, 15) is 47.9 Å². The van der Waals surface area contributed by atoms with Gasteiger partial charge in [-0.25, -0.2) is 0 Å². The Morgan fingerprint density at radius 1 is 0.353 bits per heavy atom. The molecule has 9 aliphatic rings. The van der Waals surface area contributed by atoms with Crippen LogP contribution in [-0.2, 0) is 43.2 Å². The molecule has 0 spiro atoms. The summed E-state index contributed by atoms with van der Waals surface area (Å²) >= 11 is 0. The first-order chi connectivity index (χ1) is 41.3. The first kappa shape index (κ1) is 57.6. The van der Waals surface area contributed by atoms with Gasteiger partial charge in [0.1, 0.15) is 54.4 Å². The number of aryl methyl sites for hydroxylation is 1. The molecule has 9 saturated heterocycles. The Morgan fingerprint density at radius 3 is 0.976 bits per heavy atom. The minimum atomic E-state index is -0.841. The van der Waals surface area contributed by atoms with Crippen LogP contribution in [0.25, 0.3) is 11.4 Å². The van der Waals surface area contributed by atoms with Gasteiger partial charge in [0.15, 0.2) is 0 Å². The van der Waals surface area contributed by atoms with Gasteiger partial charge in [0.2, 0.25) is 53.2 Å². The fourth-order valence-corrected chi connectivity index (χ4v) is 15.3. The second-order valence-corrected chi connectivity index (χ2v) is 24.5. The second-order valence-electron chi connectivity index (χ2n) is 24.5. The fourth-order valence-electron chi connectivity index (χ4n) is 15.3. The third-order valence-electron chi connectivity index (χ3n) is 19.5. The summed E-state index contributed by atoms with van der Waals surface area (Å²) in [6.45, 7) is 5.04. The van der Waals surface area contributed by atoms with E-state index in [-0.39, 0.29) is 59.1 Å². The number of aromatic nitrogens is 3. The van der Waals surface area contributed by atoms with E-state index in [0.717, 1.165) is 5.56 Å². The Hall–Kier alpha value is -7.85. The predicted octanol–water partition coefficient (Wildman–Crippen LogP) is 3.02. The molecule has 0 aliphatic carbocycles. The quantitative estimate of drug-likeness (QED) is 0.274. The number of amides is 10. The van der Waals surface area contributed by atoms with Crippen molar-refractivity contribution in [3.05, 3.63) is 72.3 Å². The lowest BCUT2D eigenvalue weighted by Gasteiger charge is -2.37. The van der Waals surface area contributed by atoms with E-state index < -0.39 is 54.4 Å². The standard InChI is InChI=1S/C62H77N13O10/c1-39-20-26-64-42(37-39)43-38-40(21-27-65-43)54(77)68-29-3-12-45(68)56(79)70-31-5-14-47(70)58(81)72-33-7-16-49(72)60(83)74-35-9-18-51(74)62(85)75-36-10-19-52(75)61(84)73-34-8-17-50(73)59(82)71-32-6-15-48(71)57(80)69-30-4-13-46(69)55(78)67-28-2-11-44(67)53(76)66-41-22-24-63-25-23-41/h20-27,37-38,44-52H,2-19,28-36H2,1H3,(H,63,66,76)/t44-,45-,46-,47-,48-,49-,50-,51-,52-/m0/s1. The van der Waals surface area contributed by atoms with Crippen molar-refractivity contribution < 1.29 is 47.9 Å². The van der Waals surface area contributed by atoms with Gasteiger partial charge in [0, 0.05) is 94.9 Å². The molecule has 0 saturated carbocycles. The third kappa shape index (κ3) is 11.1. The second kappa shape index (κ2) is 24.6. The molecule has 85 heavy (non-hydrogen) atoms. The molecule has 0 unspecified atom stereocenters. The summed E-state index contributed by atoms with van der Waals surface area (Å²) in [6, 6.07) is 3.35. The molecule has 23 nitrogen and oxygen atoms in total. The molecule has 12 heterocycles. The Bertz CT molecular complexity index is 3130. The minimum absolute atomic E-state index is 0.267. The molecule has 0 radical (unpaired) electrons. The van der Waals surface area contributed by atoms with Crippen molar-refractivity contribution in [2.75, 3.05) is 64.2 Å². The SMILES string of the molecule is Cc1ccnc(-c2cc(C(=O)N3CCC[C@H]3C(=O)N3CCC[C@H]3C(=O)N3CCC[C@H]3C(=O)N3CCC[C@H]3C(=O)N3CCC[C@H]3C(=O)N3CCC[C@H]3C(=O)N3CCC[C@H]3C(=O)N3CCC[C@H]3C(=O)N3CCC[C@H]3C(=O)Nc3ccncc3)ccn2)c1. The van der Waals surface area contributed by atoms with E-state index >= 15 is 0 Å². The molecular formula is C62H77N13O10. The van der Waals surface area contributed by atoms with E-state index in [1.165, 1.54) is 0 Å². The van der Waals surface area contributed by atoms with E-state index in [2.05, 4.69) is 20.3 Å². The van der Waals surface area contributed by atoms with Crippen LogP contribution >= 0.6 is 0 Å². The van der Waals surface area contributed by atoms with Crippen molar-refractivity contribution in [1.29, 1.82) is 0 Å². The van der Waals surface area contributed by atoms with Crippen molar-refractivity contribution in [2.45, 2.75) is 177 Å². The number of nitrogens with one attached hydrogen (secondary N) is 1. The molecule has 450 valence electrons. The number of carbonyl (C=O) groups excluding carboxylic acids is 10. The average Bonchev–Trinajstić information content (AvgIpc) is 4.29. The van der Waals surface area contributed by atoms with Gasteiger partial charge in [-0.1, -0.05) is 0 Å². The van der Waals surface area contributed by atoms with Crippen LogP contribution in [0.2, 0.25) is 0 Å². The van der Waals surface area contributed by atoms with Crippen LogP contribution in [0.15, 0.2) is 61.2 Å². The third-order valence-corrected chi connectivity index (χ3v) is 19.5. The largest absolute Gasteiger partial charge is 0.329 e. The van der Waals surface area contributed by atoms with Gasteiger partial charge in [0.25, 0.3) is 5.91 Å². The Kier molecular flexibility index (Phi) is 16.7. The van der Waals surface area contributed by atoms with Crippen LogP contribution in [0.3, 0.4) is 0 Å². The van der Waals surface area contributed by atoms with Crippen LogP contribution in [0.5, 0.6) is 0 Å². The summed E-state index contributed by atoms with van der Waals surface area (Å²) < 4.78 is 0. The highest BCUT2D eigenvalue weighted by molar-refractivity contribution is 6.02. The van der Waals surface area contributed by atoms with E-state index in [1.807, 2.05) is 19.1 Å².